The molecular formula is C12H24N2O3. The summed E-state index contributed by atoms with van der Waals surface area (Å²) in [7, 11) is 0. The van der Waals surface area contributed by atoms with Crippen LogP contribution in [0.1, 0.15) is 34.6 Å². The van der Waals surface area contributed by atoms with E-state index in [1.165, 1.54) is 0 Å². The maximum Gasteiger partial charge on any atom is 0.308 e. The number of carbonyl (C=O) groups excluding carboxylic acids is 1. The van der Waals surface area contributed by atoms with Crippen LogP contribution in [0.5, 0.6) is 0 Å². The third-order valence-corrected chi connectivity index (χ3v) is 2.83. The molecule has 0 aromatic rings. The highest BCUT2D eigenvalue weighted by Crippen LogP contribution is 2.17. The van der Waals surface area contributed by atoms with Gasteiger partial charge in [0.1, 0.15) is 0 Å². The molecule has 0 saturated heterocycles. The summed E-state index contributed by atoms with van der Waals surface area (Å²) in [5.41, 5.74) is 5.44. The number of carbonyl (C=O) groups is 2. The average Bonchev–Trinajstić information content (AvgIpc) is 2.13. The SMILES string of the molecule is CC(C)C(CNC(=O)[C@@H](N)C(C)(C)C)C(=O)O. The largest absolute Gasteiger partial charge is 0.481 e. The summed E-state index contributed by atoms with van der Waals surface area (Å²) in [5, 5.41) is 11.6. The van der Waals surface area contributed by atoms with Gasteiger partial charge in [0.05, 0.1) is 12.0 Å². The maximum atomic E-state index is 11.7. The molecule has 100 valence electrons. The van der Waals surface area contributed by atoms with Crippen molar-refractivity contribution in [2.75, 3.05) is 6.54 Å². The Morgan fingerprint density at radius 3 is 2.06 bits per heavy atom. The Morgan fingerprint density at radius 2 is 1.76 bits per heavy atom. The number of rotatable bonds is 5. The lowest BCUT2D eigenvalue weighted by Crippen LogP contribution is -2.50. The van der Waals surface area contributed by atoms with E-state index in [2.05, 4.69) is 5.32 Å². The minimum absolute atomic E-state index is 0.0290. The van der Waals surface area contributed by atoms with E-state index >= 15 is 0 Å². The van der Waals surface area contributed by atoms with E-state index in [9.17, 15) is 9.59 Å². The second-order valence-electron chi connectivity index (χ2n) is 5.78. The Morgan fingerprint density at radius 1 is 1.29 bits per heavy atom. The predicted octanol–water partition coefficient (Wildman–Crippen LogP) is 0.833. The molecule has 0 heterocycles. The molecule has 0 aromatic carbocycles. The number of amides is 1. The third kappa shape index (κ3) is 5.17. The minimum atomic E-state index is -0.898. The van der Waals surface area contributed by atoms with E-state index in [0.29, 0.717) is 0 Å². The zero-order valence-electron chi connectivity index (χ0n) is 11.3. The highest BCUT2D eigenvalue weighted by molar-refractivity contribution is 5.83. The Bertz CT molecular complexity index is 282. The molecule has 0 aliphatic carbocycles. The van der Waals surface area contributed by atoms with Gasteiger partial charge in [0.25, 0.3) is 0 Å². The van der Waals surface area contributed by atoms with E-state index < -0.39 is 17.9 Å². The summed E-state index contributed by atoms with van der Waals surface area (Å²) in [6.45, 7) is 9.36. The Labute approximate surface area is 103 Å². The Kier molecular flexibility index (Phi) is 5.61. The molecule has 2 atom stereocenters. The molecule has 17 heavy (non-hydrogen) atoms. The van der Waals surface area contributed by atoms with Crippen molar-refractivity contribution in [1.29, 1.82) is 0 Å². The summed E-state index contributed by atoms with van der Waals surface area (Å²) in [4.78, 5) is 22.6. The van der Waals surface area contributed by atoms with E-state index in [4.69, 9.17) is 10.8 Å². The predicted molar refractivity (Wildman–Crippen MR) is 66.4 cm³/mol. The lowest BCUT2D eigenvalue weighted by molar-refractivity contribution is -0.143. The molecule has 0 fully saturated rings. The van der Waals surface area contributed by atoms with Gasteiger partial charge >= 0.3 is 5.97 Å². The van der Waals surface area contributed by atoms with Crippen molar-refractivity contribution in [1.82, 2.24) is 5.32 Å². The van der Waals surface area contributed by atoms with Crippen molar-refractivity contribution >= 4 is 11.9 Å². The lowest BCUT2D eigenvalue weighted by atomic mass is 9.86. The summed E-state index contributed by atoms with van der Waals surface area (Å²) < 4.78 is 0. The van der Waals surface area contributed by atoms with Crippen molar-refractivity contribution in [2.24, 2.45) is 23.0 Å². The molecule has 0 radical (unpaired) electrons. The number of nitrogens with two attached hydrogens (primary N) is 1. The molecule has 0 saturated carbocycles. The van der Waals surface area contributed by atoms with Crippen LogP contribution in [0.2, 0.25) is 0 Å². The quantitative estimate of drug-likeness (QED) is 0.668. The lowest BCUT2D eigenvalue weighted by Gasteiger charge is -2.26. The van der Waals surface area contributed by atoms with E-state index in [1.54, 1.807) is 0 Å². The Balaban J connectivity index is 4.37. The fourth-order valence-electron chi connectivity index (χ4n) is 1.32. The summed E-state index contributed by atoms with van der Waals surface area (Å²) in [5.74, 6) is -1.81. The summed E-state index contributed by atoms with van der Waals surface area (Å²) in [6, 6.07) is -0.635. The molecule has 0 bridgehead atoms. The van der Waals surface area contributed by atoms with E-state index in [0.717, 1.165) is 0 Å². The molecule has 0 spiro atoms. The first-order chi connectivity index (χ1) is 7.57. The van der Waals surface area contributed by atoms with Gasteiger partial charge in [-0.1, -0.05) is 34.6 Å². The highest BCUT2D eigenvalue weighted by Gasteiger charge is 2.29. The molecule has 0 aromatic heterocycles. The second kappa shape index (κ2) is 6.00. The van der Waals surface area contributed by atoms with Crippen LogP contribution in [-0.2, 0) is 9.59 Å². The van der Waals surface area contributed by atoms with Crippen LogP contribution >= 0.6 is 0 Å². The van der Waals surface area contributed by atoms with Crippen LogP contribution in [-0.4, -0.2) is 29.6 Å². The smallest absolute Gasteiger partial charge is 0.308 e. The first kappa shape index (κ1) is 15.9. The monoisotopic (exact) mass is 244 g/mol. The van der Waals surface area contributed by atoms with E-state index in [1.807, 2.05) is 34.6 Å². The molecule has 0 rings (SSSR count). The number of nitrogens with one attached hydrogen (secondary N) is 1. The van der Waals surface area contributed by atoms with Gasteiger partial charge in [-0.3, -0.25) is 9.59 Å². The van der Waals surface area contributed by atoms with Crippen LogP contribution in [0.3, 0.4) is 0 Å². The van der Waals surface area contributed by atoms with E-state index in [-0.39, 0.29) is 23.8 Å². The molecule has 5 nitrogen and oxygen atoms in total. The zero-order chi connectivity index (χ0) is 13.8. The molecule has 1 unspecified atom stereocenters. The number of hydrogen-bond donors (Lipinski definition) is 3. The Hall–Kier alpha value is -1.10. The number of carboxylic acid groups (broad SMARTS) is 1. The fraction of sp³-hybridized carbons (Fsp3) is 0.833. The van der Waals surface area contributed by atoms with Crippen LogP contribution in [0.25, 0.3) is 0 Å². The van der Waals surface area contributed by atoms with Crippen LogP contribution in [0, 0.1) is 17.3 Å². The molecular weight excluding hydrogens is 220 g/mol. The average molecular weight is 244 g/mol. The van der Waals surface area contributed by atoms with Gasteiger partial charge < -0.3 is 16.2 Å². The van der Waals surface area contributed by atoms with Gasteiger partial charge in [0, 0.05) is 6.54 Å². The molecule has 0 aliphatic heterocycles. The summed E-state index contributed by atoms with van der Waals surface area (Å²) in [6.07, 6.45) is 0. The minimum Gasteiger partial charge on any atom is -0.481 e. The van der Waals surface area contributed by atoms with Gasteiger partial charge in [0.2, 0.25) is 5.91 Å². The van der Waals surface area contributed by atoms with Gasteiger partial charge in [-0.25, -0.2) is 0 Å². The number of aliphatic carboxylic acids is 1. The third-order valence-electron chi connectivity index (χ3n) is 2.83. The maximum absolute atomic E-state index is 11.7. The van der Waals surface area contributed by atoms with Crippen LogP contribution in [0.15, 0.2) is 0 Å². The molecule has 5 heteroatoms. The number of hydrogen-bond acceptors (Lipinski definition) is 3. The van der Waals surface area contributed by atoms with Crippen molar-refractivity contribution in [3.8, 4) is 0 Å². The van der Waals surface area contributed by atoms with Crippen molar-refractivity contribution < 1.29 is 14.7 Å². The standard InChI is InChI=1S/C12H24N2O3/c1-7(2)8(11(16)17)6-14-10(15)9(13)12(3,4)5/h7-9H,6,13H2,1-5H3,(H,14,15)(H,16,17)/t8?,9-/m1/s1. The van der Waals surface area contributed by atoms with Crippen molar-refractivity contribution in [3.63, 3.8) is 0 Å². The topological polar surface area (TPSA) is 92.4 Å². The fourth-order valence-corrected chi connectivity index (χ4v) is 1.32. The highest BCUT2D eigenvalue weighted by atomic mass is 16.4. The first-order valence-corrected chi connectivity index (χ1v) is 5.83. The second-order valence-corrected chi connectivity index (χ2v) is 5.78. The van der Waals surface area contributed by atoms with Crippen LogP contribution in [0.4, 0.5) is 0 Å². The van der Waals surface area contributed by atoms with Crippen molar-refractivity contribution in [3.05, 3.63) is 0 Å². The normalized spacial score (nSPS) is 15.5. The molecule has 1 amide bonds. The number of carboxylic acids is 1. The van der Waals surface area contributed by atoms with Crippen molar-refractivity contribution in [2.45, 2.75) is 40.7 Å². The molecule has 4 N–H and O–H groups in total. The van der Waals surface area contributed by atoms with Crippen LogP contribution < -0.4 is 11.1 Å². The molecule has 0 aliphatic rings. The first-order valence-electron chi connectivity index (χ1n) is 5.83. The van der Waals surface area contributed by atoms with Gasteiger partial charge in [0.15, 0.2) is 0 Å². The zero-order valence-corrected chi connectivity index (χ0v) is 11.3. The summed E-state index contributed by atoms with van der Waals surface area (Å²) >= 11 is 0. The van der Waals surface area contributed by atoms with Gasteiger partial charge in [-0.05, 0) is 11.3 Å². The van der Waals surface area contributed by atoms with Gasteiger partial charge in [-0.15, -0.1) is 0 Å². The van der Waals surface area contributed by atoms with Gasteiger partial charge in [-0.2, -0.15) is 0 Å².